The van der Waals surface area contributed by atoms with E-state index in [1.54, 1.807) is 6.20 Å². The number of nitrogens with one attached hydrogen (secondary N) is 2. The second-order valence-electron chi connectivity index (χ2n) is 7.26. The van der Waals surface area contributed by atoms with Gasteiger partial charge in [-0.05, 0) is 24.7 Å². The molecule has 2 aromatic heterocycles. The van der Waals surface area contributed by atoms with Crippen LogP contribution in [0, 0.1) is 5.82 Å². The number of amides is 1. The summed E-state index contributed by atoms with van der Waals surface area (Å²) >= 11 is 7.95. The first-order chi connectivity index (χ1) is 14.6. The van der Waals surface area contributed by atoms with Gasteiger partial charge in [0.05, 0.1) is 27.0 Å². The Kier molecular flexibility index (Phi) is 4.80. The van der Waals surface area contributed by atoms with Gasteiger partial charge < -0.3 is 15.1 Å². The van der Waals surface area contributed by atoms with Crippen molar-refractivity contribution in [2.45, 2.75) is 0 Å². The molecule has 1 fully saturated rings. The van der Waals surface area contributed by atoms with Gasteiger partial charge >= 0.3 is 0 Å². The normalized spacial score (nSPS) is 15.2. The molecule has 0 bridgehead atoms. The van der Waals surface area contributed by atoms with Crippen molar-refractivity contribution >= 4 is 61.3 Å². The SMILES string of the molecule is CN1CCN(c2c(F)c(Cl)c(-c3ccc4nc(NC=O)sc4c3)c3cn[nH]c23)CC1. The summed E-state index contributed by atoms with van der Waals surface area (Å²) < 4.78 is 16.4. The van der Waals surface area contributed by atoms with E-state index in [0.717, 1.165) is 47.3 Å². The summed E-state index contributed by atoms with van der Waals surface area (Å²) in [4.78, 5) is 19.3. The van der Waals surface area contributed by atoms with Crippen LogP contribution in [0.5, 0.6) is 0 Å². The predicted octanol–water partition coefficient (Wildman–Crippen LogP) is 3.95. The highest BCUT2D eigenvalue weighted by Gasteiger charge is 2.26. The summed E-state index contributed by atoms with van der Waals surface area (Å²) in [7, 11) is 2.06. The highest BCUT2D eigenvalue weighted by molar-refractivity contribution is 7.22. The summed E-state index contributed by atoms with van der Waals surface area (Å²) in [6.07, 6.45) is 2.28. The van der Waals surface area contributed by atoms with Gasteiger partial charge in [-0.2, -0.15) is 5.10 Å². The lowest BCUT2D eigenvalue weighted by molar-refractivity contribution is -0.105. The minimum Gasteiger partial charge on any atom is -0.365 e. The van der Waals surface area contributed by atoms with Gasteiger partial charge in [0, 0.05) is 37.1 Å². The molecule has 0 atom stereocenters. The number of rotatable bonds is 4. The number of thiazole rings is 1. The number of halogens is 2. The zero-order valence-electron chi connectivity index (χ0n) is 16.1. The molecule has 0 unspecified atom stereocenters. The summed E-state index contributed by atoms with van der Waals surface area (Å²) in [5.41, 5.74) is 3.23. The van der Waals surface area contributed by atoms with Crippen LogP contribution in [-0.2, 0) is 4.79 Å². The lowest BCUT2D eigenvalue weighted by atomic mass is 9.99. The molecule has 1 aliphatic heterocycles. The van der Waals surface area contributed by atoms with Gasteiger partial charge in [0.1, 0.15) is 5.69 Å². The molecule has 3 heterocycles. The van der Waals surface area contributed by atoms with E-state index in [2.05, 4.69) is 32.4 Å². The Morgan fingerprint density at radius 1 is 1.30 bits per heavy atom. The largest absolute Gasteiger partial charge is 0.365 e. The molecule has 0 saturated carbocycles. The molecule has 0 aliphatic carbocycles. The molecular weight excluding hydrogens is 427 g/mol. The number of fused-ring (bicyclic) bond motifs is 2. The van der Waals surface area contributed by atoms with Crippen LogP contribution in [0.3, 0.4) is 0 Å². The average molecular weight is 445 g/mol. The van der Waals surface area contributed by atoms with E-state index in [4.69, 9.17) is 11.6 Å². The summed E-state index contributed by atoms with van der Waals surface area (Å²) in [6, 6.07) is 5.60. The Labute approximate surface area is 180 Å². The molecule has 4 aromatic rings. The lowest BCUT2D eigenvalue weighted by Crippen LogP contribution is -2.45. The first kappa shape index (κ1) is 19.2. The molecule has 5 rings (SSSR count). The number of hydrogen-bond donors (Lipinski definition) is 2. The van der Waals surface area contributed by atoms with Gasteiger partial charge in [-0.15, -0.1) is 0 Å². The van der Waals surface area contributed by atoms with Crippen LogP contribution in [0.15, 0.2) is 24.4 Å². The molecule has 7 nitrogen and oxygen atoms in total. The van der Waals surface area contributed by atoms with E-state index in [1.165, 1.54) is 11.3 Å². The number of aromatic amines is 1. The summed E-state index contributed by atoms with van der Waals surface area (Å²) in [6.45, 7) is 3.15. The minimum absolute atomic E-state index is 0.0768. The van der Waals surface area contributed by atoms with Crippen molar-refractivity contribution in [3.63, 3.8) is 0 Å². The molecule has 1 amide bonds. The van der Waals surface area contributed by atoms with Gasteiger partial charge in [0.2, 0.25) is 6.41 Å². The smallest absolute Gasteiger partial charge is 0.213 e. The second-order valence-corrected chi connectivity index (χ2v) is 8.67. The molecular formula is C20H18ClFN6OS. The topological polar surface area (TPSA) is 77.2 Å². The van der Waals surface area contributed by atoms with Crippen molar-refractivity contribution in [1.82, 2.24) is 20.1 Å². The molecule has 154 valence electrons. The first-order valence-electron chi connectivity index (χ1n) is 9.45. The monoisotopic (exact) mass is 444 g/mol. The molecule has 1 saturated heterocycles. The maximum absolute atomic E-state index is 15.6. The van der Waals surface area contributed by atoms with Gasteiger partial charge in [0.15, 0.2) is 10.9 Å². The van der Waals surface area contributed by atoms with E-state index >= 15 is 4.39 Å². The van der Waals surface area contributed by atoms with Crippen molar-refractivity contribution in [2.75, 3.05) is 43.4 Å². The van der Waals surface area contributed by atoms with Crippen molar-refractivity contribution in [3.05, 3.63) is 35.2 Å². The third kappa shape index (κ3) is 3.10. The summed E-state index contributed by atoms with van der Waals surface area (Å²) in [5.74, 6) is -0.444. The van der Waals surface area contributed by atoms with Gasteiger partial charge in [-0.25, -0.2) is 9.37 Å². The standard InChI is InChI=1S/C20H18ClFN6OS/c1-27-4-6-28(7-5-27)19-17(22)16(21)15(12-9-24-26-18(12)19)11-2-3-13-14(8-11)30-20(25-13)23-10-29/h2-3,8-10H,4-7H2,1H3,(H,24,26)(H,23,25,29). The number of H-pyrrole nitrogens is 1. The minimum atomic E-state index is -0.444. The molecule has 1 aliphatic rings. The van der Waals surface area contributed by atoms with Crippen LogP contribution in [0.4, 0.5) is 15.2 Å². The van der Waals surface area contributed by atoms with E-state index < -0.39 is 5.82 Å². The number of carbonyl (C=O) groups excluding carboxylic acids is 1. The highest BCUT2D eigenvalue weighted by Crippen LogP contribution is 2.43. The summed E-state index contributed by atoms with van der Waals surface area (Å²) in [5, 5.41) is 11.1. The Hall–Kier alpha value is -2.75. The van der Waals surface area contributed by atoms with Crippen LogP contribution in [0.2, 0.25) is 5.02 Å². The fourth-order valence-corrected chi connectivity index (χ4v) is 5.06. The number of hydrogen-bond acceptors (Lipinski definition) is 6. The number of benzene rings is 2. The van der Waals surface area contributed by atoms with Crippen molar-refractivity contribution in [2.24, 2.45) is 0 Å². The molecule has 10 heteroatoms. The maximum atomic E-state index is 15.6. The molecule has 0 spiro atoms. The van der Waals surface area contributed by atoms with Crippen LogP contribution >= 0.6 is 22.9 Å². The van der Waals surface area contributed by atoms with E-state index in [-0.39, 0.29) is 5.02 Å². The lowest BCUT2D eigenvalue weighted by Gasteiger charge is -2.34. The van der Waals surface area contributed by atoms with Crippen LogP contribution in [0.1, 0.15) is 0 Å². The average Bonchev–Trinajstić information content (AvgIpc) is 3.36. The Morgan fingerprint density at radius 3 is 2.87 bits per heavy atom. The van der Waals surface area contributed by atoms with Crippen LogP contribution < -0.4 is 10.2 Å². The Morgan fingerprint density at radius 2 is 2.10 bits per heavy atom. The van der Waals surface area contributed by atoms with E-state index in [0.29, 0.717) is 28.3 Å². The third-order valence-electron chi connectivity index (χ3n) is 5.44. The van der Waals surface area contributed by atoms with Crippen molar-refractivity contribution in [3.8, 4) is 11.1 Å². The Bertz CT molecular complexity index is 1260. The van der Waals surface area contributed by atoms with E-state index in [1.807, 2.05) is 23.1 Å². The maximum Gasteiger partial charge on any atom is 0.213 e. The van der Waals surface area contributed by atoms with Crippen LogP contribution in [0.25, 0.3) is 32.2 Å². The van der Waals surface area contributed by atoms with Crippen molar-refractivity contribution in [1.29, 1.82) is 0 Å². The number of anilines is 2. The predicted molar refractivity (Wildman–Crippen MR) is 119 cm³/mol. The van der Waals surface area contributed by atoms with E-state index in [9.17, 15) is 4.79 Å². The number of piperazine rings is 1. The number of aromatic nitrogens is 3. The van der Waals surface area contributed by atoms with Crippen molar-refractivity contribution < 1.29 is 9.18 Å². The van der Waals surface area contributed by atoms with Gasteiger partial charge in [-0.3, -0.25) is 9.89 Å². The second kappa shape index (κ2) is 7.50. The van der Waals surface area contributed by atoms with Gasteiger partial charge in [-0.1, -0.05) is 29.0 Å². The third-order valence-corrected chi connectivity index (χ3v) is 6.75. The van der Waals surface area contributed by atoms with Gasteiger partial charge in [0.25, 0.3) is 0 Å². The fraction of sp³-hybridized carbons (Fsp3) is 0.250. The highest BCUT2D eigenvalue weighted by atomic mass is 35.5. The molecule has 0 radical (unpaired) electrons. The van der Waals surface area contributed by atoms with Crippen LogP contribution in [-0.4, -0.2) is 59.7 Å². The number of nitrogens with zero attached hydrogens (tertiary/aromatic N) is 4. The number of likely N-dealkylation sites (N-methyl/N-ethyl adjacent to an activating group) is 1. The quantitative estimate of drug-likeness (QED) is 0.466. The number of carbonyl (C=O) groups is 1. The Balaban J connectivity index is 1.66. The first-order valence-corrected chi connectivity index (χ1v) is 10.6. The molecule has 30 heavy (non-hydrogen) atoms. The fourth-order valence-electron chi connectivity index (χ4n) is 3.90. The molecule has 2 aromatic carbocycles. The zero-order chi connectivity index (χ0) is 20.8. The molecule has 2 N–H and O–H groups in total. The zero-order valence-corrected chi connectivity index (χ0v) is 17.6.